The van der Waals surface area contributed by atoms with Crippen LogP contribution in [0.3, 0.4) is 0 Å². The van der Waals surface area contributed by atoms with Crippen molar-refractivity contribution < 1.29 is 9.59 Å². The minimum Gasteiger partial charge on any atom is -0.352 e. The lowest BCUT2D eigenvalue weighted by molar-refractivity contribution is -0.139. The summed E-state index contributed by atoms with van der Waals surface area (Å²) in [6, 6.07) is 18.2. The summed E-state index contributed by atoms with van der Waals surface area (Å²) in [5, 5.41) is 3.06. The number of amides is 2. The predicted molar refractivity (Wildman–Crippen MR) is 131 cm³/mol. The van der Waals surface area contributed by atoms with E-state index in [4.69, 9.17) is 0 Å². The summed E-state index contributed by atoms with van der Waals surface area (Å²) in [4.78, 5) is 27.9. The van der Waals surface area contributed by atoms with E-state index in [0.717, 1.165) is 18.6 Å². The predicted octanol–water partition coefficient (Wildman–Crippen LogP) is 4.99. The van der Waals surface area contributed by atoms with Gasteiger partial charge in [-0.25, -0.2) is 0 Å². The summed E-state index contributed by atoms with van der Waals surface area (Å²) < 4.78 is 0. The fourth-order valence-corrected chi connectivity index (χ4v) is 4.23. The Labute approximate surface area is 191 Å². The summed E-state index contributed by atoms with van der Waals surface area (Å²) in [6.45, 7) is 8.63. The van der Waals surface area contributed by atoms with Gasteiger partial charge in [0.05, 0.1) is 5.75 Å². The van der Waals surface area contributed by atoms with Crippen molar-refractivity contribution in [1.82, 2.24) is 10.2 Å². The molecular formula is C26H36N2O2S. The van der Waals surface area contributed by atoms with Crippen LogP contribution in [0.15, 0.2) is 54.6 Å². The van der Waals surface area contributed by atoms with Crippen molar-refractivity contribution in [2.75, 3.05) is 12.3 Å². The quantitative estimate of drug-likeness (QED) is 0.506. The summed E-state index contributed by atoms with van der Waals surface area (Å²) in [5.74, 6) is 1.13. The van der Waals surface area contributed by atoms with E-state index in [0.29, 0.717) is 18.7 Å². The van der Waals surface area contributed by atoms with Crippen LogP contribution in [-0.2, 0) is 21.8 Å². The maximum absolute atomic E-state index is 13.2. The van der Waals surface area contributed by atoms with Gasteiger partial charge >= 0.3 is 0 Å². The van der Waals surface area contributed by atoms with Gasteiger partial charge in [0.25, 0.3) is 0 Å². The van der Waals surface area contributed by atoms with Crippen molar-refractivity contribution in [2.24, 2.45) is 0 Å². The molecule has 0 fully saturated rings. The number of carbonyl (C=O) groups excluding carboxylic acids is 2. The monoisotopic (exact) mass is 440 g/mol. The molecule has 0 radical (unpaired) electrons. The number of rotatable bonds is 12. The zero-order chi connectivity index (χ0) is 22.6. The van der Waals surface area contributed by atoms with Crippen LogP contribution < -0.4 is 5.32 Å². The third kappa shape index (κ3) is 8.41. The van der Waals surface area contributed by atoms with E-state index in [1.165, 1.54) is 16.7 Å². The molecule has 168 valence electrons. The van der Waals surface area contributed by atoms with Crippen molar-refractivity contribution in [2.45, 2.75) is 64.8 Å². The molecule has 2 aromatic carbocycles. The van der Waals surface area contributed by atoms with Gasteiger partial charge < -0.3 is 10.2 Å². The molecule has 0 saturated carbocycles. The third-order valence-electron chi connectivity index (χ3n) is 5.49. The second-order valence-electron chi connectivity index (χ2n) is 8.04. The van der Waals surface area contributed by atoms with E-state index in [1.54, 1.807) is 16.7 Å². The lowest BCUT2D eigenvalue weighted by Gasteiger charge is -2.31. The van der Waals surface area contributed by atoms with Gasteiger partial charge in [-0.2, -0.15) is 0 Å². The molecule has 0 heterocycles. The van der Waals surface area contributed by atoms with Crippen LogP contribution in [0.4, 0.5) is 0 Å². The number of nitrogens with one attached hydrogen (secondary N) is 1. The highest BCUT2D eigenvalue weighted by Crippen LogP contribution is 2.16. The van der Waals surface area contributed by atoms with Crippen LogP contribution in [0.2, 0.25) is 0 Å². The summed E-state index contributed by atoms with van der Waals surface area (Å²) in [7, 11) is 0. The fourth-order valence-electron chi connectivity index (χ4n) is 3.36. The molecule has 0 aromatic heterocycles. The topological polar surface area (TPSA) is 49.4 Å². The molecule has 2 amide bonds. The van der Waals surface area contributed by atoms with Gasteiger partial charge in [-0.05, 0) is 44.2 Å². The molecule has 0 saturated heterocycles. The normalized spacial score (nSPS) is 12.8. The molecule has 4 nitrogen and oxygen atoms in total. The maximum Gasteiger partial charge on any atom is 0.243 e. The highest BCUT2D eigenvalue weighted by atomic mass is 32.2. The first kappa shape index (κ1) is 25.0. The van der Waals surface area contributed by atoms with Crippen LogP contribution >= 0.6 is 11.8 Å². The summed E-state index contributed by atoms with van der Waals surface area (Å²) in [6.07, 6.45) is 2.21. The number of hydrogen-bond acceptors (Lipinski definition) is 3. The molecule has 0 spiro atoms. The number of carbonyl (C=O) groups is 2. The Hall–Kier alpha value is -2.27. The number of aryl methyl sites for hydroxylation is 1. The van der Waals surface area contributed by atoms with Crippen molar-refractivity contribution in [3.63, 3.8) is 0 Å². The fraction of sp³-hybridized carbons (Fsp3) is 0.462. The van der Waals surface area contributed by atoms with Gasteiger partial charge in [-0.15, -0.1) is 11.8 Å². The van der Waals surface area contributed by atoms with Crippen LogP contribution in [-0.4, -0.2) is 41.1 Å². The first-order valence-corrected chi connectivity index (χ1v) is 12.4. The first-order chi connectivity index (χ1) is 14.9. The Kier molecular flexibility index (Phi) is 10.6. The first-order valence-electron chi connectivity index (χ1n) is 11.2. The Balaban J connectivity index is 2.05. The molecule has 31 heavy (non-hydrogen) atoms. The number of thioether (sulfide) groups is 1. The average Bonchev–Trinajstić information content (AvgIpc) is 2.78. The molecular weight excluding hydrogens is 404 g/mol. The molecule has 0 aliphatic carbocycles. The summed E-state index contributed by atoms with van der Waals surface area (Å²) in [5.41, 5.74) is 3.61. The van der Waals surface area contributed by atoms with E-state index < -0.39 is 6.04 Å². The Morgan fingerprint density at radius 3 is 2.26 bits per heavy atom. The van der Waals surface area contributed by atoms with Gasteiger partial charge in [0.1, 0.15) is 6.04 Å². The minimum absolute atomic E-state index is 0.0270. The van der Waals surface area contributed by atoms with Crippen molar-refractivity contribution in [1.29, 1.82) is 0 Å². The van der Waals surface area contributed by atoms with Crippen molar-refractivity contribution in [3.05, 3.63) is 71.3 Å². The Bertz CT molecular complexity index is 808. The zero-order valence-electron chi connectivity index (χ0n) is 19.3. The molecule has 2 rings (SSSR count). The van der Waals surface area contributed by atoms with Gasteiger partial charge in [-0.3, -0.25) is 9.59 Å². The standard InChI is InChI=1S/C26H36N2O2S/c1-5-21(4)27-26(30)24(6-2)28(17-16-22-10-8-7-9-11-22)25(29)19-31-18-23-14-12-20(3)13-15-23/h7-15,21,24H,5-6,16-19H2,1-4H3,(H,27,30). The Morgan fingerprint density at radius 1 is 0.968 bits per heavy atom. The van der Waals surface area contributed by atoms with Crippen LogP contribution in [0, 0.1) is 6.92 Å². The summed E-state index contributed by atoms with van der Waals surface area (Å²) >= 11 is 1.61. The molecule has 0 aliphatic rings. The highest BCUT2D eigenvalue weighted by Gasteiger charge is 2.28. The minimum atomic E-state index is -0.440. The smallest absolute Gasteiger partial charge is 0.243 e. The second-order valence-corrected chi connectivity index (χ2v) is 9.03. The molecule has 5 heteroatoms. The lowest BCUT2D eigenvalue weighted by Crippen LogP contribution is -2.52. The van der Waals surface area contributed by atoms with Gasteiger partial charge in [-0.1, -0.05) is 74.0 Å². The lowest BCUT2D eigenvalue weighted by atomic mass is 10.1. The van der Waals surface area contributed by atoms with Crippen LogP contribution in [0.25, 0.3) is 0 Å². The highest BCUT2D eigenvalue weighted by molar-refractivity contribution is 7.99. The van der Waals surface area contributed by atoms with Gasteiger partial charge in [0.15, 0.2) is 0 Å². The largest absolute Gasteiger partial charge is 0.352 e. The van der Waals surface area contributed by atoms with E-state index in [2.05, 4.69) is 48.6 Å². The van der Waals surface area contributed by atoms with E-state index in [1.807, 2.05) is 39.0 Å². The van der Waals surface area contributed by atoms with Crippen LogP contribution in [0.1, 0.15) is 50.3 Å². The van der Waals surface area contributed by atoms with Gasteiger partial charge in [0, 0.05) is 18.3 Å². The number of hydrogen-bond donors (Lipinski definition) is 1. The maximum atomic E-state index is 13.2. The molecule has 1 N–H and O–H groups in total. The Morgan fingerprint density at radius 2 is 1.65 bits per heavy atom. The number of benzene rings is 2. The number of nitrogens with zero attached hydrogens (tertiary/aromatic N) is 1. The zero-order valence-corrected chi connectivity index (χ0v) is 20.1. The van der Waals surface area contributed by atoms with E-state index >= 15 is 0 Å². The van der Waals surface area contributed by atoms with Crippen LogP contribution in [0.5, 0.6) is 0 Å². The van der Waals surface area contributed by atoms with Crippen molar-refractivity contribution >= 4 is 23.6 Å². The molecule has 2 unspecified atom stereocenters. The SMILES string of the molecule is CCC(C)NC(=O)C(CC)N(CCc1ccccc1)C(=O)CSCc1ccc(C)cc1. The molecule has 0 bridgehead atoms. The van der Waals surface area contributed by atoms with E-state index in [9.17, 15) is 9.59 Å². The average molecular weight is 441 g/mol. The molecule has 2 aromatic rings. The van der Waals surface area contributed by atoms with Gasteiger partial charge in [0.2, 0.25) is 11.8 Å². The molecule has 2 atom stereocenters. The third-order valence-corrected chi connectivity index (χ3v) is 6.47. The second kappa shape index (κ2) is 13.2. The van der Waals surface area contributed by atoms with E-state index in [-0.39, 0.29) is 17.9 Å². The van der Waals surface area contributed by atoms with Crippen molar-refractivity contribution in [3.8, 4) is 0 Å². The molecule has 0 aliphatic heterocycles.